The lowest BCUT2D eigenvalue weighted by Gasteiger charge is -2.25. The van der Waals surface area contributed by atoms with E-state index < -0.39 is 29.7 Å². The average molecular weight is 522 g/mol. The fourth-order valence-electron chi connectivity index (χ4n) is 3.75. The number of carbonyl (C=O) groups is 4. The maximum atomic E-state index is 13.1. The third-order valence-corrected chi connectivity index (χ3v) is 5.96. The largest absolute Gasteiger partial charge is 0.507 e. The maximum Gasteiger partial charge on any atom is 0.335 e. The highest BCUT2D eigenvalue weighted by molar-refractivity contribution is 9.10. The smallest absolute Gasteiger partial charge is 0.335 e. The molecule has 170 valence electrons. The first-order chi connectivity index (χ1) is 16.2. The van der Waals surface area contributed by atoms with Crippen molar-refractivity contribution < 1.29 is 34.5 Å². The van der Waals surface area contributed by atoms with E-state index in [0.29, 0.717) is 11.1 Å². The van der Waals surface area contributed by atoms with Crippen LogP contribution in [0, 0.1) is 0 Å². The molecular formula is C25H16BrNO7. The van der Waals surface area contributed by atoms with Crippen LogP contribution in [0.15, 0.2) is 82.8 Å². The molecule has 1 heterocycles. The Morgan fingerprint density at radius 2 is 1.18 bits per heavy atom. The molecule has 1 atom stereocenters. The van der Waals surface area contributed by atoms with E-state index in [0.717, 1.165) is 9.37 Å². The highest BCUT2D eigenvalue weighted by Crippen LogP contribution is 2.42. The molecule has 4 rings (SSSR count). The van der Waals surface area contributed by atoms with Crippen LogP contribution < -0.4 is 4.90 Å². The van der Waals surface area contributed by atoms with E-state index in [1.54, 1.807) is 24.3 Å². The summed E-state index contributed by atoms with van der Waals surface area (Å²) in [6, 6.07) is 16.4. The van der Waals surface area contributed by atoms with Gasteiger partial charge in [-0.3, -0.25) is 14.5 Å². The van der Waals surface area contributed by atoms with Gasteiger partial charge in [0.25, 0.3) is 11.7 Å². The van der Waals surface area contributed by atoms with Crippen LogP contribution in [0.25, 0.3) is 5.76 Å². The molecule has 0 radical (unpaired) electrons. The number of nitrogens with zero attached hydrogens (tertiary/aromatic N) is 1. The van der Waals surface area contributed by atoms with Gasteiger partial charge in [-0.1, -0.05) is 40.2 Å². The van der Waals surface area contributed by atoms with Gasteiger partial charge in [0, 0.05) is 15.7 Å². The summed E-state index contributed by atoms with van der Waals surface area (Å²) in [6.45, 7) is 0. The zero-order valence-electron chi connectivity index (χ0n) is 17.3. The molecule has 0 aliphatic carbocycles. The van der Waals surface area contributed by atoms with E-state index in [1.165, 1.54) is 48.5 Å². The molecule has 1 fully saturated rings. The molecule has 3 N–H and O–H groups in total. The van der Waals surface area contributed by atoms with Gasteiger partial charge in [0.05, 0.1) is 22.7 Å². The number of aromatic carboxylic acids is 2. The first-order valence-electron chi connectivity index (χ1n) is 9.92. The van der Waals surface area contributed by atoms with Gasteiger partial charge in [-0.25, -0.2) is 9.59 Å². The number of ketones is 1. The number of carboxylic acid groups (broad SMARTS) is 2. The van der Waals surface area contributed by atoms with Crippen molar-refractivity contribution in [2.24, 2.45) is 0 Å². The SMILES string of the molecule is O=C1C(=O)N(c2ccc(C(=O)O)cc2)C(c2ccc(C(=O)O)cc2)C1=C(O)c1ccc(Br)cc1. The lowest BCUT2D eigenvalue weighted by molar-refractivity contribution is -0.132. The molecule has 9 heteroatoms. The van der Waals surface area contributed by atoms with Crippen molar-refractivity contribution in [1.29, 1.82) is 0 Å². The van der Waals surface area contributed by atoms with Gasteiger partial charge in [0.15, 0.2) is 0 Å². The Balaban J connectivity index is 1.91. The predicted molar refractivity (Wildman–Crippen MR) is 126 cm³/mol. The van der Waals surface area contributed by atoms with Crippen LogP contribution in [-0.2, 0) is 9.59 Å². The van der Waals surface area contributed by atoms with E-state index in [-0.39, 0.29) is 28.1 Å². The second-order valence-corrected chi connectivity index (χ2v) is 8.37. The number of anilines is 1. The van der Waals surface area contributed by atoms with Crippen molar-refractivity contribution in [2.75, 3.05) is 4.90 Å². The summed E-state index contributed by atoms with van der Waals surface area (Å²) in [5, 5.41) is 29.4. The van der Waals surface area contributed by atoms with Crippen LogP contribution >= 0.6 is 15.9 Å². The number of benzene rings is 3. The van der Waals surface area contributed by atoms with Crippen LogP contribution in [-0.4, -0.2) is 38.9 Å². The summed E-state index contributed by atoms with van der Waals surface area (Å²) in [5.41, 5.74) is 0.795. The molecule has 1 aliphatic heterocycles. The predicted octanol–water partition coefficient (Wildman–Crippen LogP) is 4.47. The minimum absolute atomic E-state index is 0.00226. The van der Waals surface area contributed by atoms with E-state index >= 15 is 0 Å². The number of hydrogen-bond acceptors (Lipinski definition) is 5. The Labute approximate surface area is 201 Å². The fraction of sp³-hybridized carbons (Fsp3) is 0.0400. The summed E-state index contributed by atoms with van der Waals surface area (Å²) in [7, 11) is 0. The van der Waals surface area contributed by atoms with Gasteiger partial charge >= 0.3 is 11.9 Å². The van der Waals surface area contributed by atoms with Crippen LogP contribution in [0.3, 0.4) is 0 Å². The molecule has 8 nitrogen and oxygen atoms in total. The third-order valence-electron chi connectivity index (χ3n) is 5.43. The van der Waals surface area contributed by atoms with E-state index in [9.17, 15) is 29.4 Å². The minimum atomic E-state index is -1.15. The zero-order chi connectivity index (χ0) is 24.6. The minimum Gasteiger partial charge on any atom is -0.507 e. The monoisotopic (exact) mass is 521 g/mol. The van der Waals surface area contributed by atoms with Crippen molar-refractivity contribution in [3.63, 3.8) is 0 Å². The highest BCUT2D eigenvalue weighted by atomic mass is 79.9. The lowest BCUT2D eigenvalue weighted by Crippen LogP contribution is -2.29. The van der Waals surface area contributed by atoms with Crippen LogP contribution in [0.5, 0.6) is 0 Å². The molecule has 1 aliphatic rings. The second-order valence-electron chi connectivity index (χ2n) is 7.46. The number of rotatable bonds is 5. The summed E-state index contributed by atoms with van der Waals surface area (Å²) in [6.07, 6.45) is 0. The Kier molecular flexibility index (Phi) is 6.04. The van der Waals surface area contributed by atoms with Crippen molar-refractivity contribution in [3.05, 3.63) is 105 Å². The van der Waals surface area contributed by atoms with Crippen molar-refractivity contribution in [2.45, 2.75) is 6.04 Å². The lowest BCUT2D eigenvalue weighted by atomic mass is 9.94. The Morgan fingerprint density at radius 3 is 1.68 bits per heavy atom. The van der Waals surface area contributed by atoms with Gasteiger partial charge in [-0.05, 0) is 54.1 Å². The molecule has 3 aromatic carbocycles. The average Bonchev–Trinajstić information content (AvgIpc) is 3.09. The quantitative estimate of drug-likeness (QED) is 0.256. The van der Waals surface area contributed by atoms with E-state index in [1.807, 2.05) is 0 Å². The molecular weight excluding hydrogens is 506 g/mol. The number of aliphatic hydroxyl groups excluding tert-OH is 1. The van der Waals surface area contributed by atoms with Crippen LogP contribution in [0.2, 0.25) is 0 Å². The molecule has 0 saturated carbocycles. The van der Waals surface area contributed by atoms with Gasteiger partial charge < -0.3 is 15.3 Å². The molecule has 34 heavy (non-hydrogen) atoms. The Morgan fingerprint density at radius 1 is 0.706 bits per heavy atom. The molecule has 1 unspecified atom stereocenters. The van der Waals surface area contributed by atoms with Gasteiger partial charge in [0.2, 0.25) is 0 Å². The molecule has 1 amide bonds. The number of hydrogen-bond donors (Lipinski definition) is 3. The number of carbonyl (C=O) groups excluding carboxylic acids is 2. The Bertz CT molecular complexity index is 1340. The number of amides is 1. The summed E-state index contributed by atoms with van der Waals surface area (Å²) in [5.74, 6) is -4.50. The summed E-state index contributed by atoms with van der Waals surface area (Å²) < 4.78 is 0.754. The Hall–Kier alpha value is -4.24. The molecule has 0 bridgehead atoms. The molecule has 1 saturated heterocycles. The number of aliphatic hydroxyl groups is 1. The van der Waals surface area contributed by atoms with Crippen molar-refractivity contribution in [3.8, 4) is 0 Å². The van der Waals surface area contributed by atoms with Gasteiger partial charge in [-0.2, -0.15) is 0 Å². The van der Waals surface area contributed by atoms with Crippen molar-refractivity contribution >= 4 is 51.0 Å². The standard InChI is InChI=1S/C25H16BrNO7/c26-17-9-5-14(6-10-17)21(28)19-20(13-1-3-15(4-2-13)24(31)32)27(23(30)22(19)29)18-11-7-16(8-12-18)25(33)34/h1-12,20,28H,(H,31,32)(H,33,34). The van der Waals surface area contributed by atoms with Gasteiger partial charge in [0.1, 0.15) is 5.76 Å². The highest BCUT2D eigenvalue weighted by Gasteiger charge is 2.47. The van der Waals surface area contributed by atoms with E-state index in [2.05, 4.69) is 15.9 Å². The normalized spacial score (nSPS) is 17.1. The van der Waals surface area contributed by atoms with Crippen molar-refractivity contribution in [1.82, 2.24) is 0 Å². The van der Waals surface area contributed by atoms with Crippen LogP contribution in [0.4, 0.5) is 5.69 Å². The molecule has 0 spiro atoms. The maximum absolute atomic E-state index is 13.1. The molecule has 3 aromatic rings. The topological polar surface area (TPSA) is 132 Å². The number of Topliss-reactive ketones (excluding diaryl/α,β-unsaturated/α-hetero) is 1. The molecule has 0 aromatic heterocycles. The second kappa shape index (κ2) is 8.95. The first kappa shape index (κ1) is 22.9. The third kappa shape index (κ3) is 4.08. The fourth-order valence-corrected chi connectivity index (χ4v) is 4.01. The van der Waals surface area contributed by atoms with E-state index in [4.69, 9.17) is 5.11 Å². The first-order valence-corrected chi connectivity index (χ1v) is 10.7. The summed E-state index contributed by atoms with van der Waals surface area (Å²) >= 11 is 3.31. The number of carboxylic acids is 2. The number of halogens is 1. The van der Waals surface area contributed by atoms with Gasteiger partial charge in [-0.15, -0.1) is 0 Å². The summed E-state index contributed by atoms with van der Waals surface area (Å²) in [4.78, 5) is 49.9. The zero-order valence-corrected chi connectivity index (χ0v) is 18.9. The van der Waals surface area contributed by atoms with Crippen LogP contribution in [0.1, 0.15) is 37.9 Å².